The molecule has 0 saturated heterocycles. The van der Waals surface area contributed by atoms with Crippen LogP contribution in [0.3, 0.4) is 0 Å². The van der Waals surface area contributed by atoms with Crippen molar-refractivity contribution in [2.75, 3.05) is 10.0 Å². The molecule has 4 aromatic rings. The molecule has 3 aromatic carbocycles. The van der Waals surface area contributed by atoms with Gasteiger partial charge in [0.2, 0.25) is 0 Å². The van der Waals surface area contributed by atoms with Crippen molar-refractivity contribution in [3.8, 4) is 0 Å². The first-order chi connectivity index (χ1) is 15.8. The number of hydrogen-bond acceptors (Lipinski definition) is 5. The van der Waals surface area contributed by atoms with Gasteiger partial charge in [-0.25, -0.2) is 18.4 Å². The molecule has 33 heavy (non-hydrogen) atoms. The van der Waals surface area contributed by atoms with Crippen molar-refractivity contribution in [2.24, 2.45) is 0 Å². The number of sulfonamides is 1. The lowest BCUT2D eigenvalue weighted by Gasteiger charge is -2.14. The molecule has 170 valence electrons. The van der Waals surface area contributed by atoms with Crippen LogP contribution in [0.1, 0.15) is 30.9 Å². The Kier molecular flexibility index (Phi) is 6.81. The van der Waals surface area contributed by atoms with Crippen LogP contribution in [-0.2, 0) is 16.4 Å². The normalized spacial score (nSPS) is 11.5. The van der Waals surface area contributed by atoms with E-state index in [0.29, 0.717) is 21.9 Å². The number of hydrogen-bond donors (Lipinski definition) is 2. The number of anilines is 3. The Balaban J connectivity index is 1.70. The van der Waals surface area contributed by atoms with Crippen molar-refractivity contribution < 1.29 is 8.42 Å². The first-order valence-corrected chi connectivity index (χ1v) is 12.6. The molecule has 1 aromatic heterocycles. The fourth-order valence-corrected chi connectivity index (χ4v) is 4.53. The van der Waals surface area contributed by atoms with Gasteiger partial charge in [0.1, 0.15) is 0 Å². The zero-order chi connectivity index (χ0) is 23.4. The maximum atomic E-state index is 13.0. The molecule has 8 heteroatoms. The van der Waals surface area contributed by atoms with Gasteiger partial charge in [0.05, 0.1) is 15.9 Å². The molecule has 0 bridgehead atoms. The van der Waals surface area contributed by atoms with Gasteiger partial charge in [-0.1, -0.05) is 43.1 Å². The van der Waals surface area contributed by atoms with Gasteiger partial charge < -0.3 is 5.32 Å². The third kappa shape index (κ3) is 5.61. The van der Waals surface area contributed by atoms with E-state index in [-0.39, 0.29) is 10.7 Å². The number of nitrogens with zero attached hydrogens (tertiary/aromatic N) is 2. The topological polar surface area (TPSA) is 84.0 Å². The summed E-state index contributed by atoms with van der Waals surface area (Å²) >= 11 is 5.91. The monoisotopic (exact) mass is 480 g/mol. The molecular weight excluding hydrogens is 456 g/mol. The van der Waals surface area contributed by atoms with E-state index in [2.05, 4.69) is 39.1 Å². The van der Waals surface area contributed by atoms with Crippen LogP contribution < -0.4 is 10.0 Å². The Hall–Kier alpha value is -3.16. The van der Waals surface area contributed by atoms with E-state index in [1.807, 2.05) is 37.3 Å². The molecule has 0 amide bonds. The highest BCUT2D eigenvalue weighted by molar-refractivity contribution is 7.92. The average Bonchev–Trinajstić information content (AvgIpc) is 2.79. The second kappa shape index (κ2) is 9.77. The van der Waals surface area contributed by atoms with Crippen LogP contribution in [0.25, 0.3) is 11.0 Å². The summed E-state index contributed by atoms with van der Waals surface area (Å²) in [5.74, 6) is 0.448. The number of rotatable bonds is 8. The van der Waals surface area contributed by atoms with E-state index in [0.717, 1.165) is 30.5 Å². The van der Waals surface area contributed by atoms with Crippen LogP contribution >= 0.6 is 11.6 Å². The quantitative estimate of drug-likeness (QED) is 0.301. The number of unbranched alkanes of at least 4 members (excludes halogenated alkanes) is 1. The van der Waals surface area contributed by atoms with Gasteiger partial charge in [-0.15, -0.1) is 0 Å². The molecule has 0 radical (unpaired) electrons. The second-order valence-electron chi connectivity index (χ2n) is 7.90. The molecule has 0 saturated carbocycles. The average molecular weight is 481 g/mol. The highest BCUT2D eigenvalue weighted by Crippen LogP contribution is 2.28. The highest BCUT2D eigenvalue weighted by atomic mass is 35.5. The van der Waals surface area contributed by atoms with Gasteiger partial charge in [-0.2, -0.15) is 0 Å². The smallest absolute Gasteiger partial charge is 0.263 e. The third-order valence-electron chi connectivity index (χ3n) is 5.21. The van der Waals surface area contributed by atoms with Crippen molar-refractivity contribution in [3.63, 3.8) is 0 Å². The zero-order valence-electron chi connectivity index (χ0n) is 18.5. The van der Waals surface area contributed by atoms with Gasteiger partial charge in [0.15, 0.2) is 11.6 Å². The molecule has 0 aliphatic carbocycles. The van der Waals surface area contributed by atoms with Gasteiger partial charge in [-0.3, -0.25) is 4.72 Å². The van der Waals surface area contributed by atoms with Crippen LogP contribution in [0.15, 0.2) is 71.6 Å². The molecule has 4 rings (SSSR count). The van der Waals surface area contributed by atoms with Gasteiger partial charge in [0.25, 0.3) is 10.0 Å². The minimum atomic E-state index is -3.89. The Morgan fingerprint density at radius 2 is 1.58 bits per heavy atom. The molecule has 0 spiro atoms. The van der Waals surface area contributed by atoms with E-state index >= 15 is 0 Å². The minimum Gasteiger partial charge on any atom is -0.337 e. The van der Waals surface area contributed by atoms with Crippen LogP contribution in [0.5, 0.6) is 0 Å². The number of aryl methyl sites for hydroxylation is 2. The summed E-state index contributed by atoms with van der Waals surface area (Å²) in [6.45, 7) is 4.14. The number of halogens is 1. The fraction of sp³-hybridized carbons (Fsp3) is 0.200. The lowest BCUT2D eigenvalue weighted by Crippen LogP contribution is -2.16. The second-order valence-corrected chi connectivity index (χ2v) is 10.0. The van der Waals surface area contributed by atoms with Crippen LogP contribution in [0.4, 0.5) is 17.3 Å². The van der Waals surface area contributed by atoms with E-state index in [4.69, 9.17) is 11.6 Å². The molecule has 0 aliphatic heterocycles. The minimum absolute atomic E-state index is 0.0870. The summed E-state index contributed by atoms with van der Waals surface area (Å²) in [7, 11) is -3.89. The van der Waals surface area contributed by atoms with Gasteiger partial charge >= 0.3 is 0 Å². The van der Waals surface area contributed by atoms with E-state index in [9.17, 15) is 8.42 Å². The zero-order valence-corrected chi connectivity index (χ0v) is 20.0. The third-order valence-corrected chi connectivity index (χ3v) is 6.82. The Morgan fingerprint density at radius 3 is 2.27 bits per heavy atom. The Bertz CT molecular complexity index is 1370. The SMILES string of the molecule is CCCCc1ccc(Nc2nc3cc(C)ccc3nc2NS(=O)(=O)c2ccc(Cl)cc2)cc1. The highest BCUT2D eigenvalue weighted by Gasteiger charge is 2.19. The molecule has 1 heterocycles. The summed E-state index contributed by atoms with van der Waals surface area (Å²) in [6, 6.07) is 19.7. The molecule has 2 N–H and O–H groups in total. The van der Waals surface area contributed by atoms with Crippen LogP contribution in [0.2, 0.25) is 5.02 Å². The predicted octanol–water partition coefficient (Wildman–Crippen LogP) is 6.48. The van der Waals surface area contributed by atoms with E-state index < -0.39 is 10.0 Å². The largest absolute Gasteiger partial charge is 0.337 e. The van der Waals surface area contributed by atoms with Crippen molar-refractivity contribution in [1.82, 2.24) is 9.97 Å². The molecule has 0 atom stereocenters. The summed E-state index contributed by atoms with van der Waals surface area (Å²) in [5, 5.41) is 3.69. The Labute approximate surface area is 199 Å². The number of aromatic nitrogens is 2. The van der Waals surface area contributed by atoms with E-state index in [1.54, 1.807) is 0 Å². The Morgan fingerprint density at radius 1 is 0.879 bits per heavy atom. The van der Waals surface area contributed by atoms with Crippen LogP contribution in [0, 0.1) is 6.92 Å². The first-order valence-electron chi connectivity index (χ1n) is 10.8. The van der Waals surface area contributed by atoms with Crippen molar-refractivity contribution in [1.29, 1.82) is 0 Å². The maximum Gasteiger partial charge on any atom is 0.263 e. The predicted molar refractivity (Wildman–Crippen MR) is 135 cm³/mol. The van der Waals surface area contributed by atoms with Crippen molar-refractivity contribution in [3.05, 3.63) is 82.9 Å². The summed E-state index contributed by atoms with van der Waals surface area (Å²) in [5.41, 5.74) is 4.36. The van der Waals surface area contributed by atoms with Gasteiger partial charge in [0, 0.05) is 10.7 Å². The number of nitrogens with one attached hydrogen (secondary N) is 2. The number of benzene rings is 3. The van der Waals surface area contributed by atoms with Crippen molar-refractivity contribution in [2.45, 2.75) is 38.0 Å². The molecule has 0 fully saturated rings. The van der Waals surface area contributed by atoms with Crippen molar-refractivity contribution >= 4 is 50.0 Å². The maximum absolute atomic E-state index is 13.0. The molecular formula is C25H25ClN4O2S. The van der Waals surface area contributed by atoms with Crippen LogP contribution in [-0.4, -0.2) is 18.4 Å². The summed E-state index contributed by atoms with van der Waals surface area (Å²) in [6.07, 6.45) is 3.31. The van der Waals surface area contributed by atoms with E-state index in [1.165, 1.54) is 29.8 Å². The number of fused-ring (bicyclic) bond motifs is 1. The first kappa shape index (κ1) is 23.0. The fourth-order valence-electron chi connectivity index (χ4n) is 3.39. The summed E-state index contributed by atoms with van der Waals surface area (Å²) in [4.78, 5) is 9.32. The lowest BCUT2D eigenvalue weighted by atomic mass is 10.1. The molecule has 0 unspecified atom stereocenters. The molecule has 0 aliphatic rings. The summed E-state index contributed by atoms with van der Waals surface area (Å²) < 4.78 is 28.6. The lowest BCUT2D eigenvalue weighted by molar-refractivity contribution is 0.601. The standard InChI is InChI=1S/C25H25ClN4O2S/c1-3-4-5-18-7-11-20(12-8-18)27-24-25(28-22-15-6-17(2)16-23(22)29-24)30-33(31,32)21-13-9-19(26)10-14-21/h6-16H,3-5H2,1-2H3,(H,27,29)(H,28,30). The van der Waals surface area contributed by atoms with Gasteiger partial charge in [-0.05, 0) is 79.4 Å². The molecule has 6 nitrogen and oxygen atoms in total.